The summed E-state index contributed by atoms with van der Waals surface area (Å²) in [6.45, 7) is 0.927. The Morgan fingerprint density at radius 2 is 1.77 bits per heavy atom. The van der Waals surface area contributed by atoms with Gasteiger partial charge in [0.25, 0.3) is 5.91 Å². The van der Waals surface area contributed by atoms with E-state index in [1.807, 2.05) is 41.8 Å². The van der Waals surface area contributed by atoms with Crippen LogP contribution in [0.15, 0.2) is 41.8 Å². The molecule has 1 fully saturated rings. The van der Waals surface area contributed by atoms with Gasteiger partial charge in [0.15, 0.2) is 0 Å². The van der Waals surface area contributed by atoms with Crippen molar-refractivity contribution in [3.8, 4) is 11.1 Å². The van der Waals surface area contributed by atoms with Crippen LogP contribution in [0, 0.1) is 5.92 Å². The van der Waals surface area contributed by atoms with Crippen LogP contribution >= 0.6 is 11.3 Å². The fraction of sp³-hybridized carbons (Fsp3) is 0.294. The predicted molar refractivity (Wildman–Crippen MR) is 87.8 cm³/mol. The van der Waals surface area contributed by atoms with Crippen LogP contribution in [0.2, 0.25) is 0 Å². The first-order valence-electron chi connectivity index (χ1n) is 7.44. The molecule has 3 rings (SSSR count). The van der Waals surface area contributed by atoms with Crippen LogP contribution in [0.3, 0.4) is 0 Å². The molecule has 0 atom stereocenters. The molecule has 2 N–H and O–H groups in total. The predicted octanol–water partition coefficient (Wildman–Crippen LogP) is 2.67. The highest BCUT2D eigenvalue weighted by atomic mass is 32.1. The van der Waals surface area contributed by atoms with Gasteiger partial charge in [-0.2, -0.15) is 0 Å². The largest absolute Gasteiger partial charge is 0.354 e. The lowest BCUT2D eigenvalue weighted by atomic mass is 10.1. The Bertz CT molecular complexity index is 662. The molecular formula is C17H18N2O2S. The van der Waals surface area contributed by atoms with Crippen LogP contribution in [0.4, 0.5) is 0 Å². The number of hydrogen-bond donors (Lipinski definition) is 2. The van der Waals surface area contributed by atoms with Crippen molar-refractivity contribution in [3.05, 3.63) is 46.7 Å². The third kappa shape index (κ3) is 3.54. The Morgan fingerprint density at radius 1 is 1.05 bits per heavy atom. The lowest BCUT2D eigenvalue weighted by molar-refractivity contribution is -0.122. The van der Waals surface area contributed by atoms with E-state index in [1.54, 1.807) is 0 Å². The highest BCUT2D eigenvalue weighted by Crippen LogP contribution is 2.29. The molecule has 1 aromatic heterocycles. The summed E-state index contributed by atoms with van der Waals surface area (Å²) in [5, 5.41) is 7.63. The van der Waals surface area contributed by atoms with Crippen LogP contribution in [-0.4, -0.2) is 24.9 Å². The second-order valence-electron chi connectivity index (χ2n) is 5.35. The molecule has 114 valence electrons. The summed E-state index contributed by atoms with van der Waals surface area (Å²) in [7, 11) is 0. The van der Waals surface area contributed by atoms with Crippen LogP contribution in [0.5, 0.6) is 0 Å². The number of hydrogen-bond acceptors (Lipinski definition) is 3. The molecule has 0 spiro atoms. The minimum absolute atomic E-state index is 0.0884. The van der Waals surface area contributed by atoms with E-state index in [-0.39, 0.29) is 17.7 Å². The molecule has 1 aliphatic carbocycles. The zero-order chi connectivity index (χ0) is 15.4. The number of amides is 2. The second-order valence-corrected chi connectivity index (χ2v) is 6.27. The SMILES string of the molecule is O=C(NCCNC(=O)C1CC1)c1sccc1-c1ccccc1. The van der Waals surface area contributed by atoms with Gasteiger partial charge in [0.05, 0.1) is 4.88 Å². The quantitative estimate of drug-likeness (QED) is 0.805. The standard InChI is InChI=1S/C17H18N2O2S/c20-16(13-6-7-13)18-9-10-19-17(21)15-14(8-11-22-15)12-4-2-1-3-5-12/h1-5,8,11,13H,6-7,9-10H2,(H,18,20)(H,19,21). The fourth-order valence-corrected chi connectivity index (χ4v) is 3.09. The van der Waals surface area contributed by atoms with E-state index < -0.39 is 0 Å². The lowest BCUT2D eigenvalue weighted by Crippen LogP contribution is -2.35. The summed E-state index contributed by atoms with van der Waals surface area (Å²) >= 11 is 1.43. The third-order valence-corrected chi connectivity index (χ3v) is 4.53. The molecule has 1 aliphatic rings. The normalized spacial score (nSPS) is 13.6. The summed E-state index contributed by atoms with van der Waals surface area (Å²) in [5.41, 5.74) is 1.99. The molecule has 1 saturated carbocycles. The maximum Gasteiger partial charge on any atom is 0.262 e. The van der Waals surface area contributed by atoms with Crippen molar-refractivity contribution in [1.82, 2.24) is 10.6 Å². The molecule has 2 amide bonds. The van der Waals surface area contributed by atoms with Crippen molar-refractivity contribution < 1.29 is 9.59 Å². The van der Waals surface area contributed by atoms with E-state index in [4.69, 9.17) is 0 Å². The van der Waals surface area contributed by atoms with Gasteiger partial charge in [-0.3, -0.25) is 9.59 Å². The third-order valence-electron chi connectivity index (χ3n) is 3.61. The van der Waals surface area contributed by atoms with Gasteiger partial charge in [0.2, 0.25) is 5.91 Å². The van der Waals surface area contributed by atoms with Gasteiger partial charge in [-0.05, 0) is 29.9 Å². The molecule has 0 bridgehead atoms. The van der Waals surface area contributed by atoms with Gasteiger partial charge < -0.3 is 10.6 Å². The van der Waals surface area contributed by atoms with Gasteiger partial charge in [0.1, 0.15) is 0 Å². The summed E-state index contributed by atoms with van der Waals surface area (Å²) < 4.78 is 0. The fourth-order valence-electron chi connectivity index (χ4n) is 2.26. The molecule has 0 aliphatic heterocycles. The Hall–Kier alpha value is -2.14. The van der Waals surface area contributed by atoms with Gasteiger partial charge in [-0.25, -0.2) is 0 Å². The molecule has 2 aromatic rings. The number of carbonyl (C=O) groups is 2. The van der Waals surface area contributed by atoms with Crippen LogP contribution in [0.25, 0.3) is 11.1 Å². The summed E-state index contributed by atoms with van der Waals surface area (Å²) in [4.78, 5) is 24.5. The molecule has 22 heavy (non-hydrogen) atoms. The second kappa shape index (κ2) is 6.75. The number of benzene rings is 1. The lowest BCUT2D eigenvalue weighted by Gasteiger charge is -2.07. The zero-order valence-corrected chi connectivity index (χ0v) is 13.0. The molecule has 0 saturated heterocycles. The average Bonchev–Trinajstić information content (AvgIpc) is 3.29. The molecule has 4 nitrogen and oxygen atoms in total. The molecule has 5 heteroatoms. The van der Waals surface area contributed by atoms with Gasteiger partial charge in [-0.15, -0.1) is 11.3 Å². The Labute approximate surface area is 133 Å². The topological polar surface area (TPSA) is 58.2 Å². The molecular weight excluding hydrogens is 296 g/mol. The Balaban J connectivity index is 1.54. The van der Waals surface area contributed by atoms with Crippen LogP contribution in [0.1, 0.15) is 22.5 Å². The van der Waals surface area contributed by atoms with E-state index in [2.05, 4.69) is 10.6 Å². The van der Waals surface area contributed by atoms with Crippen molar-refractivity contribution >= 4 is 23.2 Å². The van der Waals surface area contributed by atoms with E-state index in [0.717, 1.165) is 24.0 Å². The molecule has 1 heterocycles. The van der Waals surface area contributed by atoms with E-state index in [1.165, 1.54) is 11.3 Å². The van der Waals surface area contributed by atoms with Crippen molar-refractivity contribution in [2.24, 2.45) is 5.92 Å². The Kier molecular flexibility index (Phi) is 4.53. The smallest absolute Gasteiger partial charge is 0.262 e. The maximum absolute atomic E-state index is 12.3. The minimum atomic E-state index is -0.0884. The van der Waals surface area contributed by atoms with Crippen molar-refractivity contribution in [2.45, 2.75) is 12.8 Å². The summed E-state index contributed by atoms with van der Waals surface area (Å²) in [6, 6.07) is 11.8. The highest BCUT2D eigenvalue weighted by Gasteiger charge is 2.29. The monoisotopic (exact) mass is 314 g/mol. The molecule has 0 radical (unpaired) electrons. The molecule has 0 unspecified atom stereocenters. The van der Waals surface area contributed by atoms with Crippen molar-refractivity contribution in [3.63, 3.8) is 0 Å². The zero-order valence-electron chi connectivity index (χ0n) is 12.2. The number of nitrogens with one attached hydrogen (secondary N) is 2. The average molecular weight is 314 g/mol. The van der Waals surface area contributed by atoms with Crippen LogP contribution in [-0.2, 0) is 4.79 Å². The minimum Gasteiger partial charge on any atom is -0.354 e. The van der Waals surface area contributed by atoms with Gasteiger partial charge in [-0.1, -0.05) is 30.3 Å². The first kappa shape index (κ1) is 14.8. The maximum atomic E-state index is 12.3. The first-order valence-corrected chi connectivity index (χ1v) is 8.32. The number of rotatable bonds is 6. The van der Waals surface area contributed by atoms with E-state index in [9.17, 15) is 9.59 Å². The van der Waals surface area contributed by atoms with E-state index >= 15 is 0 Å². The number of thiophene rings is 1. The summed E-state index contributed by atoms with van der Waals surface area (Å²) in [5.74, 6) is 0.225. The van der Waals surface area contributed by atoms with Gasteiger partial charge in [0, 0.05) is 24.6 Å². The van der Waals surface area contributed by atoms with Gasteiger partial charge >= 0.3 is 0 Å². The molecule has 1 aromatic carbocycles. The number of carbonyl (C=O) groups excluding carboxylic acids is 2. The Morgan fingerprint density at radius 3 is 2.50 bits per heavy atom. The van der Waals surface area contributed by atoms with Crippen molar-refractivity contribution in [1.29, 1.82) is 0 Å². The van der Waals surface area contributed by atoms with E-state index in [0.29, 0.717) is 18.0 Å². The first-order chi connectivity index (χ1) is 10.8. The van der Waals surface area contributed by atoms with Crippen LogP contribution < -0.4 is 10.6 Å². The van der Waals surface area contributed by atoms with Crippen molar-refractivity contribution in [2.75, 3.05) is 13.1 Å². The summed E-state index contributed by atoms with van der Waals surface area (Å²) in [6.07, 6.45) is 1.99. The highest BCUT2D eigenvalue weighted by molar-refractivity contribution is 7.12.